The van der Waals surface area contributed by atoms with Gasteiger partial charge in [0.2, 0.25) is 5.96 Å². The van der Waals surface area contributed by atoms with E-state index in [1.807, 2.05) is 0 Å². The number of methoxy groups -OCH3 is 1. The van der Waals surface area contributed by atoms with Crippen molar-refractivity contribution in [2.75, 3.05) is 33.7 Å². The lowest BCUT2D eigenvalue weighted by Crippen LogP contribution is -2.40. The van der Waals surface area contributed by atoms with Crippen molar-refractivity contribution in [3.63, 3.8) is 0 Å². The van der Waals surface area contributed by atoms with Crippen LogP contribution in [0, 0.1) is 5.41 Å². The van der Waals surface area contributed by atoms with Gasteiger partial charge in [-0.25, -0.2) is 8.42 Å². The largest absolute Gasteiger partial charge is 0.490 e. The Morgan fingerprint density at radius 1 is 1.30 bits per heavy atom. The molecule has 0 spiro atoms. The van der Waals surface area contributed by atoms with Gasteiger partial charge in [-0.15, -0.1) is 0 Å². The second kappa shape index (κ2) is 7.90. The zero-order chi connectivity index (χ0) is 17.6. The third-order valence-corrected chi connectivity index (χ3v) is 3.84. The molecule has 0 atom stereocenters. The maximum atomic E-state index is 12.2. The zero-order valence-corrected chi connectivity index (χ0v) is 13.8. The second-order valence-electron chi connectivity index (χ2n) is 4.44. The topological polar surface area (TPSA) is 132 Å². The summed E-state index contributed by atoms with van der Waals surface area (Å²) in [6, 6.07) is 3.86. The summed E-state index contributed by atoms with van der Waals surface area (Å²) in [4.78, 5) is 16.7. The van der Waals surface area contributed by atoms with E-state index in [1.54, 1.807) is 0 Å². The van der Waals surface area contributed by atoms with Crippen LogP contribution in [0.2, 0.25) is 0 Å². The SMILES string of the molecule is COCCOc1ccc(C(=O)N(OC)C(=N)N)cc1S(C)(=O)=O. The van der Waals surface area contributed by atoms with E-state index in [-0.39, 0.29) is 29.4 Å². The van der Waals surface area contributed by atoms with Gasteiger partial charge in [0.05, 0.1) is 13.7 Å². The third kappa shape index (κ3) is 4.91. The maximum absolute atomic E-state index is 12.2. The average molecular weight is 345 g/mol. The Morgan fingerprint density at radius 3 is 2.43 bits per heavy atom. The molecule has 0 radical (unpaired) electrons. The molecule has 0 saturated carbocycles. The molecule has 3 N–H and O–H groups in total. The zero-order valence-electron chi connectivity index (χ0n) is 13.0. The fourth-order valence-corrected chi connectivity index (χ4v) is 2.53. The Morgan fingerprint density at radius 2 is 1.96 bits per heavy atom. The Bertz CT molecular complexity index is 689. The van der Waals surface area contributed by atoms with Crippen molar-refractivity contribution in [2.45, 2.75) is 4.90 Å². The van der Waals surface area contributed by atoms with E-state index in [0.717, 1.165) is 12.3 Å². The summed E-state index contributed by atoms with van der Waals surface area (Å²) in [5, 5.41) is 7.80. The molecule has 0 fully saturated rings. The van der Waals surface area contributed by atoms with Gasteiger partial charge in [0.25, 0.3) is 5.91 Å². The molecule has 0 saturated heterocycles. The number of sulfone groups is 1. The van der Waals surface area contributed by atoms with E-state index in [1.165, 1.54) is 26.4 Å². The molecular weight excluding hydrogens is 326 g/mol. The van der Waals surface area contributed by atoms with Crippen molar-refractivity contribution in [2.24, 2.45) is 5.73 Å². The highest BCUT2D eigenvalue weighted by molar-refractivity contribution is 7.90. The van der Waals surface area contributed by atoms with E-state index in [4.69, 9.17) is 25.5 Å². The van der Waals surface area contributed by atoms with Crippen LogP contribution in [0.1, 0.15) is 10.4 Å². The minimum Gasteiger partial charge on any atom is -0.490 e. The summed E-state index contributed by atoms with van der Waals surface area (Å²) >= 11 is 0. The number of hydrogen-bond donors (Lipinski definition) is 2. The Kier molecular flexibility index (Phi) is 6.49. The number of nitrogens with zero attached hydrogens (tertiary/aromatic N) is 1. The van der Waals surface area contributed by atoms with Crippen molar-refractivity contribution >= 4 is 21.7 Å². The first-order chi connectivity index (χ1) is 10.7. The van der Waals surface area contributed by atoms with Crippen molar-refractivity contribution in [3.05, 3.63) is 23.8 Å². The van der Waals surface area contributed by atoms with Crippen LogP contribution in [0.4, 0.5) is 0 Å². The number of ether oxygens (including phenoxy) is 2. The normalized spacial score (nSPS) is 11.1. The fraction of sp³-hybridized carbons (Fsp3) is 0.385. The van der Waals surface area contributed by atoms with Crippen molar-refractivity contribution in [1.29, 1.82) is 5.41 Å². The molecule has 0 aromatic heterocycles. The van der Waals surface area contributed by atoms with Gasteiger partial charge in [0.1, 0.15) is 17.3 Å². The highest BCUT2D eigenvalue weighted by Gasteiger charge is 2.23. The van der Waals surface area contributed by atoms with Crippen molar-refractivity contribution in [3.8, 4) is 5.75 Å². The first kappa shape index (κ1) is 18.9. The van der Waals surface area contributed by atoms with E-state index in [0.29, 0.717) is 5.06 Å². The van der Waals surface area contributed by atoms with Crippen LogP contribution in [0.5, 0.6) is 5.75 Å². The predicted octanol–water partition coefficient (Wildman–Crippen LogP) is 0.0124. The summed E-state index contributed by atoms with van der Waals surface area (Å²) in [5.41, 5.74) is 5.21. The average Bonchev–Trinajstić information content (AvgIpc) is 2.46. The smallest absolute Gasteiger partial charge is 0.284 e. The van der Waals surface area contributed by atoms with Crippen LogP contribution in [0.3, 0.4) is 0 Å². The summed E-state index contributed by atoms with van der Waals surface area (Å²) in [7, 11) is -0.986. The molecular formula is C13H19N3O6S. The minimum atomic E-state index is -3.64. The number of hydrogen-bond acceptors (Lipinski definition) is 7. The number of carbonyl (C=O) groups excluding carboxylic acids is 1. The molecule has 1 rings (SSSR count). The highest BCUT2D eigenvalue weighted by Crippen LogP contribution is 2.26. The molecule has 0 aliphatic carbocycles. The summed E-state index contributed by atoms with van der Waals surface area (Å²) in [6.07, 6.45) is 0.999. The number of carbonyl (C=O) groups is 1. The molecule has 0 bridgehead atoms. The minimum absolute atomic E-state index is 0.0124. The standard InChI is InChI=1S/C13H19N3O6S/c1-20-6-7-22-10-5-4-9(8-11(10)23(3,18)19)12(17)16(21-2)13(14)15/h4-5,8H,6-7H2,1-3H3,(H3,14,15). The maximum Gasteiger partial charge on any atom is 0.284 e. The third-order valence-electron chi connectivity index (χ3n) is 2.72. The van der Waals surface area contributed by atoms with Gasteiger partial charge in [0.15, 0.2) is 9.84 Å². The number of hydroxylamine groups is 2. The monoisotopic (exact) mass is 345 g/mol. The molecule has 0 heterocycles. The van der Waals surface area contributed by atoms with Gasteiger partial charge < -0.3 is 15.2 Å². The van der Waals surface area contributed by atoms with Crippen molar-refractivity contribution < 1.29 is 27.5 Å². The van der Waals surface area contributed by atoms with Gasteiger partial charge in [-0.2, -0.15) is 5.06 Å². The lowest BCUT2D eigenvalue weighted by molar-refractivity contribution is -0.0421. The summed E-state index contributed by atoms with van der Waals surface area (Å²) < 4.78 is 34.0. The van der Waals surface area contributed by atoms with E-state index < -0.39 is 21.7 Å². The van der Waals surface area contributed by atoms with Crippen LogP contribution in [0.25, 0.3) is 0 Å². The van der Waals surface area contributed by atoms with Crippen LogP contribution < -0.4 is 10.5 Å². The van der Waals surface area contributed by atoms with Crippen LogP contribution in [0.15, 0.2) is 23.1 Å². The molecule has 128 valence electrons. The molecule has 0 aliphatic heterocycles. The molecule has 1 aromatic carbocycles. The van der Waals surface area contributed by atoms with Gasteiger partial charge >= 0.3 is 0 Å². The highest BCUT2D eigenvalue weighted by atomic mass is 32.2. The van der Waals surface area contributed by atoms with E-state index >= 15 is 0 Å². The molecule has 9 nitrogen and oxygen atoms in total. The van der Waals surface area contributed by atoms with Crippen LogP contribution >= 0.6 is 0 Å². The first-order valence-electron chi connectivity index (χ1n) is 6.40. The van der Waals surface area contributed by atoms with Crippen LogP contribution in [-0.2, 0) is 19.4 Å². The number of amides is 1. The van der Waals surface area contributed by atoms with E-state index in [2.05, 4.69) is 0 Å². The quantitative estimate of drug-likeness (QED) is 0.308. The van der Waals surface area contributed by atoms with Crippen molar-refractivity contribution in [1.82, 2.24) is 5.06 Å². The van der Waals surface area contributed by atoms with Gasteiger partial charge in [-0.1, -0.05) is 0 Å². The van der Waals surface area contributed by atoms with Crippen LogP contribution in [-0.4, -0.2) is 59.0 Å². The second-order valence-corrected chi connectivity index (χ2v) is 6.43. The number of rotatable bonds is 7. The molecule has 0 unspecified atom stereocenters. The molecule has 10 heteroatoms. The predicted molar refractivity (Wildman–Crippen MR) is 82.0 cm³/mol. The Hall–Kier alpha value is -2.17. The molecule has 1 amide bonds. The van der Waals surface area contributed by atoms with Gasteiger partial charge in [-0.05, 0) is 18.2 Å². The first-order valence-corrected chi connectivity index (χ1v) is 8.30. The number of guanidine groups is 1. The molecule has 23 heavy (non-hydrogen) atoms. The lowest BCUT2D eigenvalue weighted by Gasteiger charge is -2.18. The number of nitrogens with two attached hydrogens (primary N) is 1. The van der Waals surface area contributed by atoms with Gasteiger partial charge in [0, 0.05) is 18.9 Å². The summed E-state index contributed by atoms with van der Waals surface area (Å²) in [5.74, 6) is -1.29. The lowest BCUT2D eigenvalue weighted by atomic mass is 10.2. The van der Waals surface area contributed by atoms with Gasteiger partial charge in [-0.3, -0.25) is 15.0 Å². The molecule has 1 aromatic rings. The van der Waals surface area contributed by atoms with E-state index in [9.17, 15) is 13.2 Å². The number of nitrogens with one attached hydrogen (secondary N) is 1. The molecule has 0 aliphatic rings. The number of benzene rings is 1. The Balaban J connectivity index is 3.23. The summed E-state index contributed by atoms with van der Waals surface area (Å²) in [6.45, 7) is 0.440. The Labute approximate surface area is 134 Å². The fourth-order valence-electron chi connectivity index (χ4n) is 1.69.